The predicted molar refractivity (Wildman–Crippen MR) is 51.0 cm³/mol. The third kappa shape index (κ3) is 3.10. The number of rotatable bonds is 2. The first kappa shape index (κ1) is 9.98. The van der Waals surface area contributed by atoms with Gasteiger partial charge >= 0.3 is 4.12 Å². The van der Waals surface area contributed by atoms with Crippen molar-refractivity contribution in [2.24, 2.45) is 0 Å². The molecule has 0 aliphatic heterocycles. The minimum Gasteiger partial charge on any atom is -0.423 e. The number of ether oxygens (including phenoxy) is 1. The van der Waals surface area contributed by atoms with E-state index in [1.807, 2.05) is 0 Å². The summed E-state index contributed by atoms with van der Waals surface area (Å²) < 4.78 is 25.6. The molecule has 0 bridgehead atoms. The second kappa shape index (κ2) is 3.74. The molecule has 0 saturated heterocycles. The minimum atomic E-state index is -3.22. The minimum absolute atomic E-state index is 0.0152. The van der Waals surface area contributed by atoms with Gasteiger partial charge in [-0.15, -0.1) is 0 Å². The molecule has 0 saturated carbocycles. The quantitative estimate of drug-likeness (QED) is 0.598. The Labute approximate surface area is 86.8 Å². The average molecular weight is 304 g/mol. The summed E-state index contributed by atoms with van der Waals surface area (Å²) >= 11 is 6.45. The van der Waals surface area contributed by atoms with E-state index in [0.29, 0.717) is 0 Å². The molecule has 66 valence electrons. The maximum absolute atomic E-state index is 12.3. The van der Waals surface area contributed by atoms with Gasteiger partial charge in [-0.25, -0.2) is 0 Å². The molecule has 0 aliphatic rings. The van der Waals surface area contributed by atoms with Gasteiger partial charge in [0.1, 0.15) is 5.75 Å². The van der Waals surface area contributed by atoms with Crippen LogP contribution in [0.5, 0.6) is 5.75 Å². The molecule has 0 aromatic heterocycles. The number of alkyl halides is 3. The van der Waals surface area contributed by atoms with Crippen molar-refractivity contribution in [1.82, 2.24) is 0 Å². The standard InChI is InChI=1S/C7H4ClF2IO/c8-5-3-1-2-4-6(5)12-7(9,10)11/h1-4H. The summed E-state index contributed by atoms with van der Waals surface area (Å²) in [6.45, 7) is 0. The normalized spacial score (nSPS) is 11.3. The first-order valence-corrected chi connectivity index (χ1v) is 4.45. The second-order valence-corrected chi connectivity index (χ2v) is 3.64. The van der Waals surface area contributed by atoms with Crippen LogP contribution < -0.4 is 4.74 Å². The van der Waals surface area contributed by atoms with Gasteiger partial charge < -0.3 is 4.74 Å². The Morgan fingerprint density at radius 1 is 1.33 bits per heavy atom. The molecule has 5 heteroatoms. The highest BCUT2D eigenvalue weighted by atomic mass is 127. The molecule has 1 rings (SSSR count). The van der Waals surface area contributed by atoms with Gasteiger partial charge in [0, 0.05) is 0 Å². The van der Waals surface area contributed by atoms with E-state index in [1.165, 1.54) is 12.1 Å². The summed E-state index contributed by atoms with van der Waals surface area (Å²) in [4.78, 5) is 0. The highest BCUT2D eigenvalue weighted by molar-refractivity contribution is 14.1. The SMILES string of the molecule is FC(F)(I)Oc1ccccc1Cl. The number of benzene rings is 1. The Bertz CT molecular complexity index is 274. The van der Waals surface area contributed by atoms with Crippen LogP contribution in [-0.4, -0.2) is 4.12 Å². The molecule has 0 fully saturated rings. The van der Waals surface area contributed by atoms with Crippen LogP contribution in [0.4, 0.5) is 8.78 Å². The lowest BCUT2D eigenvalue weighted by atomic mass is 10.3. The Hall–Kier alpha value is -0.100. The van der Waals surface area contributed by atoms with Crippen LogP contribution in [0.3, 0.4) is 0 Å². The van der Waals surface area contributed by atoms with Crippen LogP contribution in [-0.2, 0) is 0 Å². The zero-order chi connectivity index (χ0) is 9.19. The van der Waals surface area contributed by atoms with Gasteiger partial charge in [-0.2, -0.15) is 8.78 Å². The molecule has 0 radical (unpaired) electrons. The topological polar surface area (TPSA) is 9.23 Å². The molecular weight excluding hydrogens is 300 g/mol. The summed E-state index contributed by atoms with van der Waals surface area (Å²) in [5.41, 5.74) is 0. The molecule has 0 spiro atoms. The van der Waals surface area contributed by atoms with Gasteiger partial charge in [0.25, 0.3) is 0 Å². The van der Waals surface area contributed by atoms with Gasteiger partial charge in [-0.1, -0.05) is 23.7 Å². The molecular formula is C7H4ClF2IO. The van der Waals surface area contributed by atoms with Crippen LogP contribution >= 0.6 is 34.2 Å². The van der Waals surface area contributed by atoms with Crippen molar-refractivity contribution < 1.29 is 13.5 Å². The van der Waals surface area contributed by atoms with E-state index in [-0.39, 0.29) is 10.8 Å². The average Bonchev–Trinajstić information content (AvgIpc) is 1.91. The molecule has 0 N–H and O–H groups in total. The Balaban J connectivity index is 2.83. The van der Waals surface area contributed by atoms with Gasteiger partial charge in [-0.05, 0) is 12.1 Å². The van der Waals surface area contributed by atoms with Crippen LogP contribution in [0.1, 0.15) is 0 Å². The van der Waals surface area contributed by atoms with Crippen LogP contribution in [0, 0.1) is 0 Å². The lowest BCUT2D eigenvalue weighted by Crippen LogP contribution is -2.14. The lowest BCUT2D eigenvalue weighted by molar-refractivity contribution is -0.0690. The fourth-order valence-corrected chi connectivity index (χ4v) is 1.06. The van der Waals surface area contributed by atoms with Gasteiger partial charge in [0.15, 0.2) is 0 Å². The summed E-state index contributed by atoms with van der Waals surface area (Å²) in [5, 5.41) is 0.175. The predicted octanol–water partition coefficient (Wildman–Crippen LogP) is 3.70. The summed E-state index contributed by atoms with van der Waals surface area (Å²) in [5.74, 6) is -0.0152. The third-order valence-corrected chi connectivity index (χ3v) is 1.59. The van der Waals surface area contributed by atoms with Crippen molar-refractivity contribution >= 4 is 34.2 Å². The number of hydrogen-bond donors (Lipinski definition) is 0. The van der Waals surface area contributed by atoms with Crippen molar-refractivity contribution in [3.8, 4) is 5.75 Å². The Morgan fingerprint density at radius 3 is 2.42 bits per heavy atom. The maximum Gasteiger partial charge on any atom is 0.451 e. The maximum atomic E-state index is 12.3. The van der Waals surface area contributed by atoms with Crippen molar-refractivity contribution in [3.63, 3.8) is 0 Å². The van der Waals surface area contributed by atoms with E-state index in [1.54, 1.807) is 12.1 Å². The molecule has 0 amide bonds. The highest BCUT2D eigenvalue weighted by Crippen LogP contribution is 2.31. The summed E-state index contributed by atoms with van der Waals surface area (Å²) in [6, 6.07) is 6.08. The zero-order valence-corrected chi connectivity index (χ0v) is 8.64. The Kier molecular flexibility index (Phi) is 3.11. The largest absolute Gasteiger partial charge is 0.451 e. The fraction of sp³-hybridized carbons (Fsp3) is 0.143. The lowest BCUT2D eigenvalue weighted by Gasteiger charge is -2.11. The third-order valence-electron chi connectivity index (χ3n) is 1.06. The molecule has 12 heavy (non-hydrogen) atoms. The fourth-order valence-electron chi connectivity index (χ4n) is 0.652. The van der Waals surface area contributed by atoms with Crippen molar-refractivity contribution in [2.45, 2.75) is 4.12 Å². The van der Waals surface area contributed by atoms with Crippen LogP contribution in [0.25, 0.3) is 0 Å². The van der Waals surface area contributed by atoms with E-state index in [9.17, 15) is 8.78 Å². The first-order valence-electron chi connectivity index (χ1n) is 2.99. The molecule has 0 atom stereocenters. The van der Waals surface area contributed by atoms with Crippen molar-refractivity contribution in [1.29, 1.82) is 0 Å². The first-order chi connectivity index (χ1) is 5.49. The smallest absolute Gasteiger partial charge is 0.423 e. The molecule has 1 nitrogen and oxygen atoms in total. The zero-order valence-electron chi connectivity index (χ0n) is 5.73. The van der Waals surface area contributed by atoms with E-state index < -0.39 is 4.12 Å². The number of halogens is 4. The van der Waals surface area contributed by atoms with E-state index in [2.05, 4.69) is 4.74 Å². The summed E-state index contributed by atoms with van der Waals surface area (Å²) in [7, 11) is 0. The molecule has 0 unspecified atom stereocenters. The second-order valence-electron chi connectivity index (χ2n) is 1.98. The molecule has 1 aromatic rings. The highest BCUT2D eigenvalue weighted by Gasteiger charge is 2.26. The monoisotopic (exact) mass is 304 g/mol. The van der Waals surface area contributed by atoms with Crippen LogP contribution in [0.15, 0.2) is 24.3 Å². The number of hydrogen-bond acceptors (Lipinski definition) is 1. The molecule has 0 aliphatic carbocycles. The van der Waals surface area contributed by atoms with Gasteiger partial charge in [0.2, 0.25) is 0 Å². The molecule has 1 aromatic carbocycles. The van der Waals surface area contributed by atoms with E-state index >= 15 is 0 Å². The molecule has 0 heterocycles. The van der Waals surface area contributed by atoms with Crippen molar-refractivity contribution in [3.05, 3.63) is 29.3 Å². The Morgan fingerprint density at radius 2 is 1.92 bits per heavy atom. The van der Waals surface area contributed by atoms with E-state index in [4.69, 9.17) is 11.6 Å². The van der Waals surface area contributed by atoms with Crippen LogP contribution in [0.2, 0.25) is 5.02 Å². The summed E-state index contributed by atoms with van der Waals surface area (Å²) in [6.07, 6.45) is 0. The van der Waals surface area contributed by atoms with Gasteiger partial charge in [-0.3, -0.25) is 0 Å². The van der Waals surface area contributed by atoms with E-state index in [0.717, 1.165) is 22.6 Å². The number of para-hydroxylation sites is 1. The van der Waals surface area contributed by atoms with Crippen molar-refractivity contribution in [2.75, 3.05) is 0 Å². The van der Waals surface area contributed by atoms with Gasteiger partial charge in [0.05, 0.1) is 27.6 Å².